The van der Waals surface area contributed by atoms with Crippen molar-refractivity contribution in [1.82, 2.24) is 15.5 Å². The summed E-state index contributed by atoms with van der Waals surface area (Å²) in [7, 11) is 0. The minimum Gasteiger partial charge on any atom is -0.353 e. The molecule has 0 aliphatic carbocycles. The molecular weight excluding hydrogens is 344 g/mol. The molecule has 0 unspecified atom stereocenters. The Morgan fingerprint density at radius 3 is 2.92 bits per heavy atom. The number of amides is 1. The van der Waals surface area contributed by atoms with Gasteiger partial charge < -0.3 is 10.2 Å². The number of piperidine rings is 1. The van der Waals surface area contributed by atoms with Crippen LogP contribution in [0.5, 0.6) is 0 Å². The molecule has 3 heterocycles. The molecule has 2 N–H and O–H groups in total. The Balaban J connectivity index is 1.43. The van der Waals surface area contributed by atoms with Crippen LogP contribution >= 0.6 is 11.3 Å². The number of carbonyl (C=O) groups is 1. The van der Waals surface area contributed by atoms with Gasteiger partial charge in [-0.1, -0.05) is 30.3 Å². The van der Waals surface area contributed by atoms with Gasteiger partial charge in [0.25, 0.3) is 5.91 Å². The molecule has 1 aliphatic heterocycles. The maximum atomic E-state index is 12.5. The van der Waals surface area contributed by atoms with Crippen LogP contribution in [0.3, 0.4) is 0 Å². The van der Waals surface area contributed by atoms with Crippen molar-refractivity contribution in [2.45, 2.75) is 25.8 Å². The highest BCUT2D eigenvalue weighted by Crippen LogP contribution is 2.24. The normalized spacial score (nSPS) is 17.3. The molecule has 1 aliphatic rings. The third-order valence-corrected chi connectivity index (χ3v) is 5.81. The van der Waals surface area contributed by atoms with Crippen LogP contribution in [-0.2, 0) is 0 Å². The van der Waals surface area contributed by atoms with Gasteiger partial charge in [-0.2, -0.15) is 5.10 Å². The number of anilines is 1. The third-order valence-electron chi connectivity index (χ3n) is 4.80. The molecule has 1 saturated heterocycles. The van der Waals surface area contributed by atoms with E-state index in [2.05, 4.69) is 38.6 Å². The van der Waals surface area contributed by atoms with E-state index in [1.54, 1.807) is 0 Å². The minimum atomic E-state index is 0.0383. The van der Waals surface area contributed by atoms with E-state index in [1.165, 1.54) is 11.3 Å². The average Bonchev–Trinajstić information content (AvgIpc) is 3.32. The van der Waals surface area contributed by atoms with Gasteiger partial charge >= 0.3 is 0 Å². The van der Waals surface area contributed by atoms with Crippen LogP contribution in [0.15, 0.2) is 47.8 Å². The lowest BCUT2D eigenvalue weighted by molar-refractivity contribution is 0.0936. The van der Waals surface area contributed by atoms with Gasteiger partial charge in [0.1, 0.15) is 0 Å². The van der Waals surface area contributed by atoms with E-state index < -0.39 is 0 Å². The topological polar surface area (TPSA) is 61.0 Å². The van der Waals surface area contributed by atoms with Crippen LogP contribution in [0.1, 0.15) is 28.1 Å². The Bertz CT molecular complexity index is 886. The first-order chi connectivity index (χ1) is 12.7. The molecule has 0 spiro atoms. The summed E-state index contributed by atoms with van der Waals surface area (Å²) in [6, 6.07) is 14.4. The number of aromatic nitrogens is 2. The Kier molecular flexibility index (Phi) is 4.75. The summed E-state index contributed by atoms with van der Waals surface area (Å²) < 4.78 is 0. The lowest BCUT2D eigenvalue weighted by Gasteiger charge is -2.33. The fraction of sp³-hybridized carbons (Fsp3) is 0.300. The number of carbonyl (C=O) groups excluding carboxylic acids is 1. The molecule has 2 aromatic heterocycles. The number of hydrogen-bond acceptors (Lipinski definition) is 4. The second kappa shape index (κ2) is 7.33. The largest absolute Gasteiger partial charge is 0.353 e. The Hall–Kier alpha value is -2.60. The first-order valence-corrected chi connectivity index (χ1v) is 9.79. The zero-order valence-corrected chi connectivity index (χ0v) is 15.6. The van der Waals surface area contributed by atoms with E-state index in [9.17, 15) is 4.79 Å². The van der Waals surface area contributed by atoms with Crippen LogP contribution in [0.2, 0.25) is 0 Å². The number of benzene rings is 1. The molecule has 1 amide bonds. The number of nitrogens with one attached hydrogen (secondary N) is 2. The molecule has 0 bridgehead atoms. The van der Waals surface area contributed by atoms with Gasteiger partial charge in [-0.25, -0.2) is 0 Å². The van der Waals surface area contributed by atoms with Crippen molar-refractivity contribution in [1.29, 1.82) is 0 Å². The van der Waals surface area contributed by atoms with Crippen LogP contribution in [0.25, 0.3) is 11.3 Å². The number of rotatable bonds is 4. The van der Waals surface area contributed by atoms with Crippen LogP contribution in [-0.4, -0.2) is 35.2 Å². The molecule has 5 nitrogen and oxygen atoms in total. The number of hydrogen-bond donors (Lipinski definition) is 2. The summed E-state index contributed by atoms with van der Waals surface area (Å²) in [6.45, 7) is 3.73. The van der Waals surface area contributed by atoms with Gasteiger partial charge in [0.2, 0.25) is 0 Å². The second-order valence-electron chi connectivity index (χ2n) is 6.70. The second-order valence-corrected chi connectivity index (χ2v) is 7.61. The van der Waals surface area contributed by atoms with E-state index in [-0.39, 0.29) is 11.9 Å². The van der Waals surface area contributed by atoms with Gasteiger partial charge in [0.05, 0.1) is 10.6 Å². The predicted octanol–water partition coefficient (Wildman–Crippen LogP) is 3.85. The molecule has 6 heteroatoms. The van der Waals surface area contributed by atoms with Gasteiger partial charge in [-0.15, -0.1) is 11.3 Å². The Morgan fingerprint density at radius 1 is 1.31 bits per heavy atom. The van der Waals surface area contributed by atoms with Gasteiger partial charge in [0.15, 0.2) is 5.82 Å². The van der Waals surface area contributed by atoms with Crippen molar-refractivity contribution in [3.05, 3.63) is 58.3 Å². The molecule has 1 atom stereocenters. The van der Waals surface area contributed by atoms with Crippen molar-refractivity contribution >= 4 is 23.1 Å². The van der Waals surface area contributed by atoms with Gasteiger partial charge in [-0.3, -0.25) is 9.89 Å². The molecule has 26 heavy (non-hydrogen) atoms. The van der Waals surface area contributed by atoms with Gasteiger partial charge in [-0.05, 0) is 42.3 Å². The lowest BCUT2D eigenvalue weighted by atomic mass is 10.1. The molecule has 0 saturated carbocycles. The monoisotopic (exact) mass is 366 g/mol. The summed E-state index contributed by atoms with van der Waals surface area (Å²) in [5.41, 5.74) is 3.18. The van der Waals surface area contributed by atoms with Crippen molar-refractivity contribution < 1.29 is 4.79 Å². The van der Waals surface area contributed by atoms with E-state index >= 15 is 0 Å². The third kappa shape index (κ3) is 3.51. The van der Waals surface area contributed by atoms with Gasteiger partial charge in [0, 0.05) is 25.2 Å². The summed E-state index contributed by atoms with van der Waals surface area (Å²) in [5.74, 6) is 0.978. The van der Waals surface area contributed by atoms with E-state index in [0.717, 1.165) is 53.4 Å². The lowest BCUT2D eigenvalue weighted by Crippen LogP contribution is -2.47. The highest BCUT2D eigenvalue weighted by molar-refractivity contribution is 7.12. The fourth-order valence-corrected chi connectivity index (χ4v) is 4.23. The van der Waals surface area contributed by atoms with Crippen molar-refractivity contribution in [2.75, 3.05) is 18.0 Å². The summed E-state index contributed by atoms with van der Waals surface area (Å²) >= 11 is 1.50. The number of nitrogens with zero attached hydrogens (tertiary/aromatic N) is 2. The zero-order chi connectivity index (χ0) is 17.9. The van der Waals surface area contributed by atoms with Crippen LogP contribution < -0.4 is 10.2 Å². The maximum Gasteiger partial charge on any atom is 0.261 e. The first kappa shape index (κ1) is 16.8. The smallest absolute Gasteiger partial charge is 0.261 e. The molecule has 1 aromatic carbocycles. The average molecular weight is 366 g/mol. The van der Waals surface area contributed by atoms with Crippen molar-refractivity contribution in [3.63, 3.8) is 0 Å². The van der Waals surface area contributed by atoms with E-state index in [0.29, 0.717) is 0 Å². The highest BCUT2D eigenvalue weighted by atomic mass is 32.1. The SMILES string of the molecule is Cc1ccsc1C(=O)N[C@H]1CCCN(c2cc(-c3ccccc3)[nH]n2)C1. The highest BCUT2D eigenvalue weighted by Gasteiger charge is 2.24. The standard InChI is InChI=1S/C20H22N4OS/c1-14-9-11-26-19(14)20(25)21-16-8-5-10-24(13-16)18-12-17(22-23-18)15-6-3-2-4-7-15/h2-4,6-7,9,11-12,16H,5,8,10,13H2,1H3,(H,21,25)(H,22,23)/t16-/m0/s1. The Labute approximate surface area is 157 Å². The van der Waals surface area contributed by atoms with Crippen molar-refractivity contribution in [3.8, 4) is 11.3 Å². The summed E-state index contributed by atoms with van der Waals surface area (Å²) in [4.78, 5) is 15.5. The van der Waals surface area contributed by atoms with E-state index in [4.69, 9.17) is 0 Å². The molecule has 1 fully saturated rings. The predicted molar refractivity (Wildman–Crippen MR) is 106 cm³/mol. The number of aryl methyl sites for hydroxylation is 1. The number of H-pyrrole nitrogens is 1. The Morgan fingerprint density at radius 2 is 2.15 bits per heavy atom. The summed E-state index contributed by atoms with van der Waals surface area (Å²) in [5, 5.41) is 12.8. The van der Waals surface area contributed by atoms with Crippen molar-refractivity contribution in [2.24, 2.45) is 0 Å². The summed E-state index contributed by atoms with van der Waals surface area (Å²) in [6.07, 6.45) is 2.05. The van der Waals surface area contributed by atoms with E-state index in [1.807, 2.05) is 36.6 Å². The molecule has 4 rings (SSSR count). The maximum absolute atomic E-state index is 12.5. The molecular formula is C20H22N4OS. The number of thiophene rings is 1. The quantitative estimate of drug-likeness (QED) is 0.737. The van der Waals surface area contributed by atoms with Crippen LogP contribution in [0.4, 0.5) is 5.82 Å². The molecule has 134 valence electrons. The molecule has 0 radical (unpaired) electrons. The first-order valence-electron chi connectivity index (χ1n) is 8.91. The van der Waals surface area contributed by atoms with Crippen LogP contribution in [0, 0.1) is 6.92 Å². The molecule has 3 aromatic rings. The number of aromatic amines is 1. The zero-order valence-electron chi connectivity index (χ0n) is 14.7. The minimum absolute atomic E-state index is 0.0383. The fourth-order valence-electron chi connectivity index (χ4n) is 3.40.